The molecule has 1 aliphatic rings. The van der Waals surface area contributed by atoms with Crippen molar-refractivity contribution in [2.45, 2.75) is 183 Å². The Labute approximate surface area is 455 Å². The Balaban J connectivity index is 0.00000296. The number of carbonyl (C=O) groups is 1. The van der Waals surface area contributed by atoms with Crippen molar-refractivity contribution in [2.75, 3.05) is 66.7 Å². The maximum absolute atomic E-state index is 14.2. The zero-order valence-corrected chi connectivity index (χ0v) is 51.6. The molecule has 0 aliphatic carbocycles. The van der Waals surface area contributed by atoms with Crippen LogP contribution >= 0.6 is 0 Å². The molecule has 0 bridgehead atoms. The fourth-order valence-corrected chi connectivity index (χ4v) is 7.94. The van der Waals surface area contributed by atoms with Gasteiger partial charge in [-0.2, -0.15) is 13.2 Å². The Morgan fingerprint density at radius 1 is 0.458 bits per heavy atom. The van der Waals surface area contributed by atoms with Crippen molar-refractivity contribution in [3.63, 3.8) is 0 Å². The van der Waals surface area contributed by atoms with Gasteiger partial charge in [0.25, 0.3) is 0 Å². The normalized spacial score (nSPS) is 15.1. The first-order valence-corrected chi connectivity index (χ1v) is 24.6. The fraction of sp³-hybridized carbons (Fsp3) is 0.667. The number of benzene rings is 3. The first-order valence-electron chi connectivity index (χ1n) is 24.6. The van der Waals surface area contributed by atoms with E-state index in [2.05, 4.69) is 185 Å². The summed E-state index contributed by atoms with van der Waals surface area (Å²) in [7, 11) is 3.30. The Morgan fingerprint density at radius 2 is 0.653 bits per heavy atom. The molecule has 0 amide bonds. The monoisotopic (exact) mass is 1240 g/mol. The Hall–Kier alpha value is -2.87. The molecule has 0 N–H and O–H groups in total. The molecule has 15 heteroatoms. The predicted molar refractivity (Wildman–Crippen MR) is 271 cm³/mol. The standard InChI is InChI=1S/C51H81N3O3.C4H10O2.C2HF3O2.O.U/c1-46(2,3)37-25-34(43(55)40(28-37)49(10,11)12)31-52-19-21-53(32-35-26-38(47(4,5)6)29-41(44(35)56)50(13,14)15)23-24-54(22-20-52)33-36-27-39(48(7,8)9)30-42(45(36)57)51(16,17)18;1-5-3-4-6-2;3-2(4,5)1(6)7;;/h25-30,55-57H,19-24,31-33H2,1-18H3;3-4H2,1-2H3;(H,6,7);;/q;;;-2;/p-4. The molecule has 1 heterocycles. The third-order valence-corrected chi connectivity index (χ3v) is 12.6. The fourth-order valence-electron chi connectivity index (χ4n) is 7.94. The van der Waals surface area contributed by atoms with Crippen LogP contribution in [0.15, 0.2) is 36.4 Å². The van der Waals surface area contributed by atoms with Gasteiger partial charge in [-0.15, -0.1) is 17.2 Å². The number of aliphatic carboxylic acids is 1. The topological polar surface area (TPSA) is 166 Å². The van der Waals surface area contributed by atoms with E-state index in [9.17, 15) is 28.5 Å². The van der Waals surface area contributed by atoms with Gasteiger partial charge in [-0.3, -0.25) is 14.7 Å². The number of methoxy groups -OCH3 is 2. The summed E-state index contributed by atoms with van der Waals surface area (Å²) in [5.74, 6) is -2.59. The number of carboxylic acids is 1. The third-order valence-electron chi connectivity index (χ3n) is 12.6. The van der Waals surface area contributed by atoms with Crippen molar-refractivity contribution in [2.24, 2.45) is 0 Å². The zero-order valence-electron chi connectivity index (χ0n) is 47.5. The number of carboxylic acid groups (broad SMARTS) is 1. The quantitative estimate of drug-likeness (QED) is 0.189. The Bertz CT molecular complexity index is 1940. The second kappa shape index (κ2) is 27.3. The summed E-state index contributed by atoms with van der Waals surface area (Å²) in [4.78, 5) is 16.1. The van der Waals surface area contributed by atoms with Crippen LogP contribution in [0.2, 0.25) is 0 Å². The van der Waals surface area contributed by atoms with Crippen LogP contribution in [0.3, 0.4) is 0 Å². The summed E-state index contributed by atoms with van der Waals surface area (Å²) in [6, 6.07) is 12.8. The molecule has 3 aromatic rings. The molecule has 0 aromatic heterocycles. The number of nitrogens with zero attached hydrogens (tertiary/aromatic N) is 3. The molecule has 0 radical (unpaired) electrons. The average Bonchev–Trinajstić information content (AvgIpc) is 3.27. The summed E-state index contributed by atoms with van der Waals surface area (Å²) >= 11 is 0. The van der Waals surface area contributed by atoms with Gasteiger partial charge in [0.2, 0.25) is 0 Å². The van der Waals surface area contributed by atoms with Crippen molar-refractivity contribution in [1.29, 1.82) is 0 Å². The van der Waals surface area contributed by atoms with Gasteiger partial charge in [-0.05, 0) is 82.6 Å². The predicted octanol–water partition coefficient (Wildman–Crippen LogP) is 8.97. The van der Waals surface area contributed by atoms with Crippen LogP contribution in [0.25, 0.3) is 0 Å². The number of alkyl halides is 3. The smallest absolute Gasteiger partial charge is 0.430 e. The Kier molecular flexibility index (Phi) is 26.2. The number of halogens is 3. The maximum Gasteiger partial charge on any atom is 0.430 e. The van der Waals surface area contributed by atoms with Crippen molar-refractivity contribution < 1.29 is 84.5 Å². The number of carbonyl (C=O) groups excluding carboxylic acids is 1. The molecule has 0 atom stereocenters. The first kappa shape index (κ1) is 69.1. The van der Waals surface area contributed by atoms with E-state index in [-0.39, 0.29) is 86.3 Å². The largest absolute Gasteiger partial charge is 2.00 e. The molecular weight excluding hydrogens is 1150 g/mol. The summed E-state index contributed by atoms with van der Waals surface area (Å²) in [6.45, 7) is 46.7. The maximum atomic E-state index is 14.2. The van der Waals surface area contributed by atoms with Crippen molar-refractivity contribution in [3.8, 4) is 17.2 Å². The van der Waals surface area contributed by atoms with Gasteiger partial charge in [0.15, 0.2) is 0 Å². The van der Waals surface area contributed by atoms with E-state index < -0.39 is 12.1 Å². The van der Waals surface area contributed by atoms with Crippen LogP contribution in [0.1, 0.15) is 175 Å². The van der Waals surface area contributed by atoms with E-state index in [4.69, 9.17) is 9.90 Å². The molecular formula is C57H88F3N3O8U-6. The van der Waals surface area contributed by atoms with Gasteiger partial charge >= 0.3 is 6.18 Å². The van der Waals surface area contributed by atoms with E-state index >= 15 is 0 Å². The van der Waals surface area contributed by atoms with Gasteiger partial charge in [-0.25, -0.2) is 0 Å². The molecule has 410 valence electrons. The molecule has 4 rings (SSSR count). The van der Waals surface area contributed by atoms with E-state index in [0.717, 1.165) is 72.6 Å². The number of hydrogen-bond donors (Lipinski definition) is 0. The molecule has 1 fully saturated rings. The number of ether oxygens (including phenoxy) is 2. The summed E-state index contributed by atoms with van der Waals surface area (Å²) in [5.41, 5.74) is 7.54. The third kappa shape index (κ3) is 21.4. The molecule has 3 aromatic carbocycles. The van der Waals surface area contributed by atoms with Gasteiger partial charge in [0.05, 0.1) is 13.2 Å². The van der Waals surface area contributed by atoms with Gasteiger partial charge in [-0.1, -0.05) is 161 Å². The van der Waals surface area contributed by atoms with Crippen molar-refractivity contribution in [3.05, 3.63) is 86.5 Å². The summed E-state index contributed by atoms with van der Waals surface area (Å²) in [5, 5.41) is 51.4. The second-order valence-electron chi connectivity index (χ2n) is 25.1. The average molecular weight is 1240 g/mol. The van der Waals surface area contributed by atoms with E-state index in [1.807, 2.05) is 0 Å². The van der Waals surface area contributed by atoms with Crippen molar-refractivity contribution in [1.82, 2.24) is 14.7 Å². The minimum Gasteiger partial charge on any atom is -2.00 e. The molecule has 72 heavy (non-hydrogen) atoms. The molecule has 1 saturated heterocycles. The summed E-state index contributed by atoms with van der Waals surface area (Å²) in [6.07, 6.45) is -5.19. The molecule has 11 nitrogen and oxygen atoms in total. The molecule has 0 spiro atoms. The van der Waals surface area contributed by atoms with Crippen molar-refractivity contribution >= 4 is 5.97 Å². The molecule has 0 saturated carbocycles. The van der Waals surface area contributed by atoms with E-state index in [1.54, 1.807) is 14.2 Å². The van der Waals surface area contributed by atoms with Gasteiger partial charge in [0.1, 0.15) is 5.97 Å². The van der Waals surface area contributed by atoms with Crippen LogP contribution in [0, 0.1) is 31.1 Å². The van der Waals surface area contributed by atoms with E-state index in [0.29, 0.717) is 32.8 Å². The minimum atomic E-state index is -5.19. The minimum absolute atomic E-state index is 0. The van der Waals surface area contributed by atoms with Crippen LogP contribution in [-0.2, 0) is 71.9 Å². The van der Waals surface area contributed by atoms with Crippen LogP contribution < -0.4 is 20.4 Å². The second-order valence-corrected chi connectivity index (χ2v) is 25.1. The molecule has 0 unspecified atom stereocenters. The molecule has 1 aliphatic heterocycles. The number of rotatable bonds is 9. The van der Waals surface area contributed by atoms with Gasteiger partial charge < -0.3 is 40.2 Å². The van der Waals surface area contributed by atoms with E-state index in [1.165, 1.54) is 16.7 Å². The first-order chi connectivity index (χ1) is 31.6. The van der Waals surface area contributed by atoms with Crippen LogP contribution in [0.5, 0.6) is 17.2 Å². The van der Waals surface area contributed by atoms with Gasteiger partial charge in [0, 0.05) is 104 Å². The van der Waals surface area contributed by atoms with Crippen LogP contribution in [0.4, 0.5) is 13.2 Å². The van der Waals surface area contributed by atoms with Crippen LogP contribution in [-0.4, -0.2) is 93.5 Å². The zero-order chi connectivity index (χ0) is 54.2. The number of hydrogen-bond acceptors (Lipinski definition) is 10. The SMILES string of the molecule is CC(C)(C)c1cc(CN2CCN(Cc3cc(C(C)(C)C)cc(C(C)(C)C)c3[O-])CCN(Cc3cc(C(C)(C)C)cc(C(C)(C)C)c3[O-])CC2)c([O-])c(C(C)(C)C)c1.COCCOC.O=C([O-])C(F)(F)F.[O-2].[U]. The Morgan fingerprint density at radius 3 is 0.792 bits per heavy atom. The summed E-state index contributed by atoms with van der Waals surface area (Å²) < 4.78 is 40.9.